The smallest absolute Gasteiger partial charge is 0.123 e. The minimum atomic E-state index is -0.360. The van der Waals surface area contributed by atoms with Gasteiger partial charge in [0.15, 0.2) is 0 Å². The lowest BCUT2D eigenvalue weighted by Gasteiger charge is -2.40. The van der Waals surface area contributed by atoms with Gasteiger partial charge in [-0.05, 0) is 100 Å². The number of aryl methyl sites for hydroxylation is 1. The van der Waals surface area contributed by atoms with Gasteiger partial charge in [-0.3, -0.25) is 4.98 Å². The number of hydrogen-bond donors (Lipinski definition) is 0. The normalized spacial score (nSPS) is 14.1. The second kappa shape index (κ2) is 17.5. The number of rotatable bonds is 13. The van der Waals surface area contributed by atoms with Crippen LogP contribution in [0.5, 0.6) is 5.75 Å². The summed E-state index contributed by atoms with van der Waals surface area (Å²) in [5.41, 5.74) is 11.3. The van der Waals surface area contributed by atoms with Gasteiger partial charge >= 0.3 is 0 Å². The maximum atomic E-state index is 13.6. The van der Waals surface area contributed by atoms with Crippen molar-refractivity contribution >= 4 is 22.6 Å². The third-order valence-electron chi connectivity index (χ3n) is 10.3. The molecule has 6 aromatic rings. The maximum Gasteiger partial charge on any atom is 0.123 e. The molecule has 1 atom stereocenters. The van der Waals surface area contributed by atoms with Gasteiger partial charge in [0, 0.05) is 30.3 Å². The summed E-state index contributed by atoms with van der Waals surface area (Å²) in [6.45, 7) is 13.4. The highest BCUT2D eigenvalue weighted by atomic mass is 19.1. The van der Waals surface area contributed by atoms with Gasteiger partial charge in [0.2, 0.25) is 0 Å². The summed E-state index contributed by atoms with van der Waals surface area (Å²) in [5.74, 6) is 2.18. The first kappa shape index (κ1) is 38.2. The maximum absolute atomic E-state index is 13.6. The van der Waals surface area contributed by atoms with Crippen molar-refractivity contribution in [2.24, 2.45) is 5.92 Å². The molecule has 2 nitrogen and oxygen atoms in total. The number of benzene rings is 5. The van der Waals surface area contributed by atoms with Gasteiger partial charge in [0.05, 0.1) is 5.52 Å². The number of allylic oxidation sites excluding steroid dienone is 3. The molecule has 0 spiro atoms. The van der Waals surface area contributed by atoms with Crippen molar-refractivity contribution in [3.05, 3.63) is 208 Å². The van der Waals surface area contributed by atoms with E-state index in [0.29, 0.717) is 6.61 Å². The minimum Gasteiger partial charge on any atom is -0.489 e. The Labute approximate surface area is 323 Å². The summed E-state index contributed by atoms with van der Waals surface area (Å²) in [4.78, 5) is 4.78. The van der Waals surface area contributed by atoms with Gasteiger partial charge in [-0.15, -0.1) is 0 Å². The zero-order valence-electron chi connectivity index (χ0n) is 32.4. The van der Waals surface area contributed by atoms with Crippen LogP contribution < -0.4 is 4.74 Å². The van der Waals surface area contributed by atoms with Crippen molar-refractivity contribution in [1.82, 2.24) is 4.98 Å². The fourth-order valence-electron chi connectivity index (χ4n) is 7.49. The van der Waals surface area contributed by atoms with Crippen LogP contribution in [0.1, 0.15) is 81.5 Å². The van der Waals surface area contributed by atoms with E-state index in [9.17, 15) is 4.39 Å². The Morgan fingerprint density at radius 3 is 2.15 bits per heavy atom. The van der Waals surface area contributed by atoms with E-state index >= 15 is 0 Å². The van der Waals surface area contributed by atoms with E-state index in [0.717, 1.165) is 40.8 Å². The molecule has 0 saturated heterocycles. The number of pyridine rings is 1. The molecule has 0 fully saturated rings. The van der Waals surface area contributed by atoms with Crippen molar-refractivity contribution < 1.29 is 10.6 Å². The van der Waals surface area contributed by atoms with Crippen molar-refractivity contribution in [2.75, 3.05) is 6.61 Å². The average Bonchev–Trinajstić information content (AvgIpc) is 3.97. The van der Waals surface area contributed by atoms with E-state index in [1.165, 1.54) is 57.0 Å². The zero-order valence-corrected chi connectivity index (χ0v) is 32.4. The lowest BCUT2D eigenvalue weighted by Crippen LogP contribution is -2.35. The molecule has 1 aromatic heterocycles. The SMILES string of the molecule is CC.CC/C=C(/C=C\c1ccccc1C)COc1ccc(C(c2ccccc2)(c2ccc(C3=C[C]3Cc3ccc4cc(F)ccc4n3)cc2)C(C)C)cc1.[HH]. The van der Waals surface area contributed by atoms with E-state index in [2.05, 4.69) is 155 Å². The Hall–Kier alpha value is -5.54. The minimum absolute atomic E-state index is 0. The number of fused-ring (bicyclic) bond motifs is 1. The van der Waals surface area contributed by atoms with E-state index in [4.69, 9.17) is 9.72 Å². The molecule has 1 heterocycles. The third kappa shape index (κ3) is 8.47. The van der Waals surface area contributed by atoms with Gasteiger partial charge < -0.3 is 4.74 Å². The lowest BCUT2D eigenvalue weighted by atomic mass is 9.63. The molecule has 1 unspecified atom stereocenters. The molecule has 5 aromatic carbocycles. The molecule has 0 saturated carbocycles. The van der Waals surface area contributed by atoms with Crippen LogP contribution in [0.4, 0.5) is 4.39 Å². The van der Waals surface area contributed by atoms with Crippen LogP contribution in [-0.4, -0.2) is 11.6 Å². The Balaban J connectivity index is 0.00000190. The van der Waals surface area contributed by atoms with Crippen LogP contribution in [0.15, 0.2) is 157 Å². The van der Waals surface area contributed by atoms with Gasteiger partial charge in [-0.25, -0.2) is 4.39 Å². The highest BCUT2D eigenvalue weighted by molar-refractivity contribution is 5.93. The molecular formula is C51H53FNO. The molecule has 275 valence electrons. The highest BCUT2D eigenvalue weighted by Gasteiger charge is 2.40. The molecule has 1 aliphatic rings. The van der Waals surface area contributed by atoms with Crippen LogP contribution in [-0.2, 0) is 11.8 Å². The van der Waals surface area contributed by atoms with Crippen LogP contribution in [0.3, 0.4) is 0 Å². The molecule has 1 aliphatic carbocycles. The first-order valence-corrected chi connectivity index (χ1v) is 19.3. The van der Waals surface area contributed by atoms with Crippen molar-refractivity contribution in [2.45, 2.75) is 59.8 Å². The van der Waals surface area contributed by atoms with Gasteiger partial charge in [0.1, 0.15) is 18.2 Å². The second-order valence-corrected chi connectivity index (χ2v) is 14.0. The molecule has 3 heteroatoms. The molecule has 54 heavy (non-hydrogen) atoms. The van der Waals surface area contributed by atoms with Crippen LogP contribution >= 0.6 is 0 Å². The Bertz CT molecular complexity index is 2250. The molecule has 1 radical (unpaired) electrons. The largest absolute Gasteiger partial charge is 0.489 e. The summed E-state index contributed by atoms with van der Waals surface area (Å²) < 4.78 is 20.0. The van der Waals surface area contributed by atoms with E-state index in [-0.39, 0.29) is 18.6 Å². The summed E-state index contributed by atoms with van der Waals surface area (Å²) in [6, 6.07) is 45.8. The third-order valence-corrected chi connectivity index (χ3v) is 10.3. The predicted octanol–water partition coefficient (Wildman–Crippen LogP) is 13.6. The second-order valence-electron chi connectivity index (χ2n) is 14.0. The molecule has 0 aliphatic heterocycles. The van der Waals surface area contributed by atoms with E-state index in [1.807, 2.05) is 26.0 Å². The average molecular weight is 715 g/mol. The van der Waals surface area contributed by atoms with Crippen LogP contribution in [0.25, 0.3) is 22.6 Å². The van der Waals surface area contributed by atoms with Gasteiger partial charge in [-0.2, -0.15) is 0 Å². The van der Waals surface area contributed by atoms with Crippen molar-refractivity contribution in [3.8, 4) is 5.75 Å². The van der Waals surface area contributed by atoms with E-state index < -0.39 is 0 Å². The number of nitrogens with zero attached hydrogens (tertiary/aromatic N) is 1. The van der Waals surface area contributed by atoms with Crippen molar-refractivity contribution in [3.63, 3.8) is 0 Å². The molecule has 0 N–H and O–H groups in total. The predicted molar refractivity (Wildman–Crippen MR) is 228 cm³/mol. The van der Waals surface area contributed by atoms with Gasteiger partial charge in [-0.1, -0.05) is 156 Å². The highest BCUT2D eigenvalue weighted by Crippen LogP contribution is 2.47. The molecule has 0 bridgehead atoms. The summed E-state index contributed by atoms with van der Waals surface area (Å²) in [6.07, 6.45) is 10.5. The lowest BCUT2D eigenvalue weighted by molar-refractivity contribution is 0.354. The fraction of sp³-hybridized carbons (Fsp3) is 0.216. The van der Waals surface area contributed by atoms with Crippen molar-refractivity contribution in [1.29, 1.82) is 0 Å². The number of halogens is 1. The first-order chi connectivity index (χ1) is 26.3. The number of ether oxygens (including phenoxy) is 1. The number of aromatic nitrogens is 1. The standard InChI is InChI=1S/C49H45FNO.C2H6.H2/c1-5-11-36(16-17-37-13-10-9-12-35(37)4)33-52-46-27-23-43(24-28-46)49(34(2)3,41-14-7-6-8-15-41)42-21-18-38(19-22-42)47-32-40(47)31-45-26-20-39-30-44(50)25-29-48(39)51-45;1-2;/h6-30,32,34H,5,31,33H2,1-4H3;1-2H3;1H/b17-16-,36-11-;;. The molecule has 7 rings (SSSR count). The Kier molecular flexibility index (Phi) is 12.4. The molecular weight excluding hydrogens is 662 g/mol. The summed E-state index contributed by atoms with van der Waals surface area (Å²) in [5, 5.41) is 0.822. The zero-order chi connectivity index (χ0) is 38.1. The monoisotopic (exact) mass is 714 g/mol. The van der Waals surface area contributed by atoms with Crippen LogP contribution in [0, 0.1) is 24.6 Å². The Morgan fingerprint density at radius 2 is 1.46 bits per heavy atom. The topological polar surface area (TPSA) is 22.1 Å². The number of hydrogen-bond acceptors (Lipinski definition) is 2. The van der Waals surface area contributed by atoms with Crippen LogP contribution in [0.2, 0.25) is 0 Å². The summed E-state index contributed by atoms with van der Waals surface area (Å²) in [7, 11) is 0. The molecule has 0 amide bonds. The Morgan fingerprint density at radius 1 is 0.796 bits per heavy atom. The van der Waals surface area contributed by atoms with E-state index in [1.54, 1.807) is 6.07 Å². The fourth-order valence-corrected chi connectivity index (χ4v) is 7.49. The first-order valence-electron chi connectivity index (χ1n) is 19.3. The van der Waals surface area contributed by atoms with Gasteiger partial charge in [0.25, 0.3) is 0 Å². The quantitative estimate of drug-likeness (QED) is 0.0878. The summed E-state index contributed by atoms with van der Waals surface area (Å²) >= 11 is 0.